The fraction of sp³-hybridized carbons (Fsp3) is 0.125. The molecule has 0 N–H and O–H groups in total. The highest BCUT2D eigenvalue weighted by Crippen LogP contribution is 2.28. The van der Waals surface area contributed by atoms with Gasteiger partial charge in [-0.2, -0.15) is 4.99 Å². The average molecular weight is 295 g/mol. The molecule has 1 aromatic rings. The fourth-order valence-corrected chi connectivity index (χ4v) is 1.68. The quantitative estimate of drug-likeness (QED) is 0.339. The summed E-state index contributed by atoms with van der Waals surface area (Å²) in [5.74, 6) is -2.08. The molecule has 0 aliphatic carbocycles. The first-order valence-electron chi connectivity index (χ1n) is 3.30. The Morgan fingerprint density at radius 2 is 2.08 bits per heavy atom. The molecule has 0 aliphatic heterocycles. The van der Waals surface area contributed by atoms with E-state index in [1.807, 2.05) is 0 Å². The average Bonchev–Trinajstić information content (AvgIpc) is 2.09. The van der Waals surface area contributed by atoms with Crippen LogP contribution in [-0.4, -0.2) is 6.08 Å². The van der Waals surface area contributed by atoms with Crippen molar-refractivity contribution in [2.45, 2.75) is 6.92 Å². The maximum absolute atomic E-state index is 13.1. The van der Waals surface area contributed by atoms with Gasteiger partial charge in [0.1, 0.15) is 5.69 Å². The molecule has 0 unspecified atom stereocenters. The second-order valence-electron chi connectivity index (χ2n) is 2.35. The van der Waals surface area contributed by atoms with Crippen molar-refractivity contribution < 1.29 is 13.6 Å². The highest BCUT2D eigenvalue weighted by Gasteiger charge is 2.14. The Labute approximate surface area is 86.8 Å². The summed E-state index contributed by atoms with van der Waals surface area (Å²) >= 11 is 1.77. The molecule has 1 rings (SSSR count). The van der Waals surface area contributed by atoms with Gasteiger partial charge < -0.3 is 0 Å². The third-order valence-corrected chi connectivity index (χ3v) is 2.30. The Balaban J connectivity index is 3.52. The number of nitrogens with zero attached hydrogens (tertiary/aromatic N) is 1. The Hall–Kier alpha value is -0.810. The van der Waals surface area contributed by atoms with Crippen LogP contribution in [0.5, 0.6) is 0 Å². The normalized spacial score (nSPS) is 9.54. The predicted octanol–water partition coefficient (Wildman–Crippen LogP) is 2.85. The van der Waals surface area contributed by atoms with Gasteiger partial charge in [-0.3, -0.25) is 0 Å². The van der Waals surface area contributed by atoms with Crippen LogP contribution in [0.4, 0.5) is 14.5 Å². The molecule has 0 saturated heterocycles. The fourth-order valence-electron chi connectivity index (χ4n) is 0.852. The van der Waals surface area contributed by atoms with Gasteiger partial charge in [-0.25, -0.2) is 13.6 Å². The van der Waals surface area contributed by atoms with Crippen molar-refractivity contribution in [2.24, 2.45) is 4.99 Å². The van der Waals surface area contributed by atoms with Crippen LogP contribution >= 0.6 is 22.6 Å². The van der Waals surface area contributed by atoms with Crippen molar-refractivity contribution in [3.05, 3.63) is 26.8 Å². The van der Waals surface area contributed by atoms with Crippen LogP contribution in [0.2, 0.25) is 0 Å². The van der Waals surface area contributed by atoms with Gasteiger partial charge in [-0.1, -0.05) is 0 Å². The molecule has 0 heterocycles. The third kappa shape index (κ3) is 1.92. The van der Waals surface area contributed by atoms with Crippen molar-refractivity contribution in [1.82, 2.24) is 0 Å². The van der Waals surface area contributed by atoms with Crippen LogP contribution in [0.3, 0.4) is 0 Å². The lowest BCUT2D eigenvalue weighted by atomic mass is 10.2. The molecular weight excluding hydrogens is 291 g/mol. The summed E-state index contributed by atoms with van der Waals surface area (Å²) in [6, 6.07) is 1.41. The first-order valence-corrected chi connectivity index (χ1v) is 4.37. The maximum Gasteiger partial charge on any atom is 0.240 e. The summed E-state index contributed by atoms with van der Waals surface area (Å²) < 4.78 is 26.4. The van der Waals surface area contributed by atoms with Gasteiger partial charge in [-0.05, 0) is 41.1 Å². The minimum absolute atomic E-state index is 0.187. The van der Waals surface area contributed by atoms with Crippen LogP contribution in [0.15, 0.2) is 11.1 Å². The Bertz CT molecular complexity index is 400. The zero-order valence-electron chi connectivity index (χ0n) is 6.57. The van der Waals surface area contributed by atoms with Crippen molar-refractivity contribution in [3.8, 4) is 0 Å². The molecule has 5 heteroatoms. The van der Waals surface area contributed by atoms with Crippen LogP contribution in [0.25, 0.3) is 0 Å². The van der Waals surface area contributed by atoms with E-state index in [4.69, 9.17) is 0 Å². The minimum atomic E-state index is -1.10. The van der Waals surface area contributed by atoms with Gasteiger partial charge in [-0.15, -0.1) is 0 Å². The van der Waals surface area contributed by atoms with Crippen molar-refractivity contribution in [1.29, 1.82) is 0 Å². The van der Waals surface area contributed by atoms with Gasteiger partial charge >= 0.3 is 0 Å². The van der Waals surface area contributed by atoms with E-state index in [1.165, 1.54) is 19.1 Å². The van der Waals surface area contributed by atoms with Crippen LogP contribution in [0, 0.1) is 22.1 Å². The van der Waals surface area contributed by atoms with E-state index in [9.17, 15) is 13.6 Å². The highest BCUT2D eigenvalue weighted by molar-refractivity contribution is 14.1. The number of aliphatic imine (C=N–C) groups is 1. The number of hydrogen-bond donors (Lipinski definition) is 0. The molecule has 0 spiro atoms. The lowest BCUT2D eigenvalue weighted by molar-refractivity contribution is 0.503. The first kappa shape index (κ1) is 10.3. The van der Waals surface area contributed by atoms with Gasteiger partial charge in [0, 0.05) is 3.57 Å². The molecule has 0 aromatic heterocycles. The highest BCUT2D eigenvalue weighted by atomic mass is 127. The largest absolute Gasteiger partial charge is 0.240 e. The molecule has 0 fully saturated rings. The third-order valence-electron chi connectivity index (χ3n) is 1.47. The minimum Gasteiger partial charge on any atom is -0.211 e. The molecule has 68 valence electrons. The predicted molar refractivity (Wildman–Crippen MR) is 51.6 cm³/mol. The summed E-state index contributed by atoms with van der Waals surface area (Å²) in [5.41, 5.74) is -0.106. The van der Waals surface area contributed by atoms with Crippen LogP contribution < -0.4 is 0 Å². The number of benzene rings is 1. The molecule has 0 aliphatic rings. The zero-order chi connectivity index (χ0) is 10.0. The molecule has 0 bridgehead atoms. The second-order valence-corrected chi connectivity index (χ2v) is 3.52. The van der Waals surface area contributed by atoms with E-state index in [1.54, 1.807) is 22.6 Å². The number of hydrogen-bond acceptors (Lipinski definition) is 2. The topological polar surface area (TPSA) is 29.4 Å². The maximum atomic E-state index is 13.1. The van der Waals surface area contributed by atoms with Gasteiger partial charge in [0.15, 0.2) is 11.6 Å². The van der Waals surface area contributed by atoms with Crippen LogP contribution in [0.1, 0.15) is 5.56 Å². The summed E-state index contributed by atoms with van der Waals surface area (Å²) in [4.78, 5) is 13.0. The van der Waals surface area contributed by atoms with E-state index >= 15 is 0 Å². The van der Waals surface area contributed by atoms with E-state index in [0.717, 1.165) is 0 Å². The van der Waals surface area contributed by atoms with Crippen molar-refractivity contribution >= 4 is 34.4 Å². The second kappa shape index (κ2) is 3.93. The summed E-state index contributed by atoms with van der Waals surface area (Å²) in [7, 11) is 0. The standard InChI is InChI=1S/C8H4F2INO/c1-4-2-5(11)8(12-3-13)7(10)6(4)9/h2H,1H3. The number of carbonyl (C=O) groups excluding carboxylic acids is 1. The monoisotopic (exact) mass is 295 g/mol. The lowest BCUT2D eigenvalue weighted by Gasteiger charge is -2.02. The zero-order valence-corrected chi connectivity index (χ0v) is 8.72. The summed E-state index contributed by atoms with van der Waals surface area (Å²) in [6.07, 6.45) is 1.18. The molecule has 13 heavy (non-hydrogen) atoms. The van der Waals surface area contributed by atoms with E-state index < -0.39 is 11.6 Å². The number of isocyanates is 1. The van der Waals surface area contributed by atoms with Gasteiger partial charge in [0.25, 0.3) is 0 Å². The molecule has 1 aromatic carbocycles. The van der Waals surface area contributed by atoms with E-state index in [0.29, 0.717) is 3.57 Å². The molecule has 0 atom stereocenters. The number of aryl methyl sites for hydroxylation is 1. The number of halogens is 3. The Morgan fingerprint density at radius 1 is 1.46 bits per heavy atom. The van der Waals surface area contributed by atoms with Crippen molar-refractivity contribution in [3.63, 3.8) is 0 Å². The van der Waals surface area contributed by atoms with E-state index in [2.05, 4.69) is 4.99 Å². The smallest absolute Gasteiger partial charge is 0.211 e. The molecule has 0 amide bonds. The SMILES string of the molecule is Cc1cc(I)c(N=C=O)c(F)c1F. The first-order chi connectivity index (χ1) is 6.07. The van der Waals surface area contributed by atoms with Gasteiger partial charge in [0.05, 0.1) is 0 Å². The van der Waals surface area contributed by atoms with E-state index in [-0.39, 0.29) is 11.3 Å². The van der Waals surface area contributed by atoms with Gasteiger partial charge in [0.2, 0.25) is 6.08 Å². The lowest BCUT2D eigenvalue weighted by Crippen LogP contribution is -1.92. The summed E-state index contributed by atoms with van der Waals surface area (Å²) in [5, 5.41) is 0. The van der Waals surface area contributed by atoms with Crippen molar-refractivity contribution in [2.75, 3.05) is 0 Å². The molecular formula is C8H4F2INO. The Morgan fingerprint density at radius 3 is 2.62 bits per heavy atom. The Kier molecular flexibility index (Phi) is 3.11. The number of rotatable bonds is 1. The molecule has 0 radical (unpaired) electrons. The molecule has 2 nitrogen and oxygen atoms in total. The van der Waals surface area contributed by atoms with Crippen LogP contribution in [-0.2, 0) is 4.79 Å². The molecule has 0 saturated carbocycles. The summed E-state index contributed by atoms with van der Waals surface area (Å²) in [6.45, 7) is 1.44.